The van der Waals surface area contributed by atoms with E-state index in [1.807, 2.05) is 51.0 Å². The lowest BCUT2D eigenvalue weighted by atomic mass is 10.4. The van der Waals surface area contributed by atoms with Crippen LogP contribution in [0.5, 0.6) is 0 Å². The molecule has 2 N–H and O–H groups in total. The van der Waals surface area contributed by atoms with Gasteiger partial charge in [0.05, 0.1) is 24.0 Å². The van der Waals surface area contributed by atoms with Gasteiger partial charge in [-0.1, -0.05) is 0 Å². The van der Waals surface area contributed by atoms with Crippen LogP contribution in [0.2, 0.25) is 0 Å². The van der Waals surface area contributed by atoms with Crippen molar-refractivity contribution in [2.75, 3.05) is 51.2 Å². The van der Waals surface area contributed by atoms with E-state index in [2.05, 4.69) is 30.5 Å². The van der Waals surface area contributed by atoms with Gasteiger partial charge in [0, 0.05) is 26.4 Å². The van der Waals surface area contributed by atoms with Crippen LogP contribution in [0.25, 0.3) is 0 Å². The summed E-state index contributed by atoms with van der Waals surface area (Å²) in [6.45, 7) is 1.67. The molecule has 0 radical (unpaired) electrons. The molecule has 0 spiro atoms. The lowest BCUT2D eigenvalue weighted by molar-refractivity contribution is 0.344. The van der Waals surface area contributed by atoms with Crippen molar-refractivity contribution in [1.29, 1.82) is 0 Å². The number of anilines is 2. The Labute approximate surface area is 145 Å². The zero-order valence-corrected chi connectivity index (χ0v) is 15.6. The van der Waals surface area contributed by atoms with Crippen molar-refractivity contribution in [3.05, 3.63) is 23.7 Å². The average Bonchev–Trinajstić information content (AvgIpc) is 3.07. The summed E-state index contributed by atoms with van der Waals surface area (Å²) >= 11 is 3.03. The van der Waals surface area contributed by atoms with Crippen molar-refractivity contribution in [3.63, 3.8) is 0 Å². The lowest BCUT2D eigenvalue weighted by Gasteiger charge is -2.12. The van der Waals surface area contributed by atoms with Crippen LogP contribution in [0.1, 0.15) is 11.5 Å². The van der Waals surface area contributed by atoms with Crippen LogP contribution in [0.15, 0.2) is 16.5 Å². The van der Waals surface area contributed by atoms with Crippen molar-refractivity contribution in [1.82, 2.24) is 18.7 Å². The second kappa shape index (κ2) is 9.11. The van der Waals surface area contributed by atoms with Gasteiger partial charge in [-0.3, -0.25) is 5.43 Å². The number of thioether (sulfide) groups is 1. The summed E-state index contributed by atoms with van der Waals surface area (Å²) in [5.41, 5.74) is 3.12. The highest BCUT2D eigenvalue weighted by atomic mass is 32.2. The number of rotatable bonds is 10. The van der Waals surface area contributed by atoms with Gasteiger partial charge >= 0.3 is 0 Å². The highest BCUT2D eigenvalue weighted by Gasteiger charge is 2.08. The molecule has 2 heterocycles. The van der Waals surface area contributed by atoms with Gasteiger partial charge in [0.25, 0.3) is 0 Å². The van der Waals surface area contributed by atoms with E-state index in [9.17, 15) is 0 Å². The molecule has 128 valence electrons. The SMILES string of the molecule is CN(C)Cc1ccc(CSCCNc2nsnc2NN(C)C)o1. The molecule has 7 nitrogen and oxygen atoms in total. The van der Waals surface area contributed by atoms with Crippen molar-refractivity contribution in [3.8, 4) is 0 Å². The number of nitrogens with one attached hydrogen (secondary N) is 2. The Bertz CT molecular complexity index is 583. The summed E-state index contributed by atoms with van der Waals surface area (Å²) < 4.78 is 14.3. The third-order valence-corrected chi connectivity index (χ3v) is 4.30. The van der Waals surface area contributed by atoms with Crippen LogP contribution >= 0.6 is 23.5 Å². The zero-order chi connectivity index (χ0) is 16.7. The molecule has 0 aliphatic rings. The first kappa shape index (κ1) is 18.1. The van der Waals surface area contributed by atoms with E-state index in [1.54, 1.807) is 0 Å². The van der Waals surface area contributed by atoms with Gasteiger partial charge in [-0.25, -0.2) is 5.01 Å². The van der Waals surface area contributed by atoms with Crippen molar-refractivity contribution < 1.29 is 4.42 Å². The number of aromatic nitrogens is 2. The maximum atomic E-state index is 5.79. The molecule has 0 aliphatic carbocycles. The van der Waals surface area contributed by atoms with Crippen LogP contribution in [0.3, 0.4) is 0 Å². The van der Waals surface area contributed by atoms with Gasteiger partial charge in [-0.2, -0.15) is 20.5 Å². The number of hydrazine groups is 1. The number of hydrogen-bond acceptors (Lipinski definition) is 9. The molecular formula is C14H24N6OS2. The van der Waals surface area contributed by atoms with E-state index in [4.69, 9.17) is 4.42 Å². The number of hydrogen-bond donors (Lipinski definition) is 2. The summed E-state index contributed by atoms with van der Waals surface area (Å²) in [4.78, 5) is 2.10. The first-order chi connectivity index (χ1) is 11.0. The van der Waals surface area contributed by atoms with Crippen molar-refractivity contribution in [2.24, 2.45) is 0 Å². The summed E-state index contributed by atoms with van der Waals surface area (Å²) in [5, 5.41) is 5.15. The minimum absolute atomic E-state index is 0.768. The predicted molar refractivity (Wildman–Crippen MR) is 98.0 cm³/mol. The van der Waals surface area contributed by atoms with Gasteiger partial charge in [-0.15, -0.1) is 0 Å². The molecule has 0 saturated heterocycles. The summed E-state index contributed by atoms with van der Waals surface area (Å²) in [5.74, 6) is 5.46. The fourth-order valence-corrected chi connectivity index (χ4v) is 3.13. The Morgan fingerprint density at radius 2 is 1.87 bits per heavy atom. The average molecular weight is 357 g/mol. The molecule has 0 saturated carbocycles. The Kier molecular flexibility index (Phi) is 7.15. The molecule has 0 unspecified atom stereocenters. The van der Waals surface area contributed by atoms with E-state index in [-0.39, 0.29) is 0 Å². The van der Waals surface area contributed by atoms with Gasteiger partial charge in [0.15, 0.2) is 11.6 Å². The summed E-state index contributed by atoms with van der Waals surface area (Å²) in [6.07, 6.45) is 0. The van der Waals surface area contributed by atoms with E-state index in [0.29, 0.717) is 0 Å². The minimum Gasteiger partial charge on any atom is -0.464 e. The van der Waals surface area contributed by atoms with E-state index < -0.39 is 0 Å². The predicted octanol–water partition coefficient (Wildman–Crippen LogP) is 2.43. The number of nitrogens with zero attached hydrogens (tertiary/aromatic N) is 4. The van der Waals surface area contributed by atoms with E-state index in [0.717, 1.165) is 47.8 Å². The normalized spacial score (nSPS) is 11.4. The molecule has 0 bridgehead atoms. The maximum absolute atomic E-state index is 5.79. The third kappa shape index (κ3) is 6.38. The third-order valence-electron chi connectivity index (χ3n) is 2.79. The fraction of sp³-hybridized carbons (Fsp3) is 0.571. The Morgan fingerprint density at radius 3 is 2.61 bits per heavy atom. The maximum Gasteiger partial charge on any atom is 0.198 e. The highest BCUT2D eigenvalue weighted by molar-refractivity contribution is 7.98. The summed E-state index contributed by atoms with van der Waals surface area (Å²) in [6, 6.07) is 4.11. The fourth-order valence-electron chi connectivity index (χ4n) is 1.90. The first-order valence-corrected chi connectivity index (χ1v) is 9.23. The molecule has 0 aliphatic heterocycles. The van der Waals surface area contributed by atoms with Gasteiger partial charge in [0.2, 0.25) is 0 Å². The Morgan fingerprint density at radius 1 is 1.13 bits per heavy atom. The zero-order valence-electron chi connectivity index (χ0n) is 14.0. The monoisotopic (exact) mass is 356 g/mol. The number of furan rings is 1. The molecule has 23 heavy (non-hydrogen) atoms. The van der Waals surface area contributed by atoms with Crippen LogP contribution in [0, 0.1) is 0 Å². The molecule has 0 amide bonds. The van der Waals surface area contributed by atoms with Crippen LogP contribution in [-0.4, -0.2) is 59.1 Å². The van der Waals surface area contributed by atoms with Crippen LogP contribution in [-0.2, 0) is 12.3 Å². The highest BCUT2D eigenvalue weighted by Crippen LogP contribution is 2.19. The van der Waals surface area contributed by atoms with Gasteiger partial charge in [-0.05, 0) is 26.2 Å². The van der Waals surface area contributed by atoms with Crippen molar-refractivity contribution in [2.45, 2.75) is 12.3 Å². The quantitative estimate of drug-likeness (QED) is 0.497. The Balaban J connectivity index is 1.66. The standard InChI is InChI=1S/C14H24N6OS2/c1-19(2)9-11-5-6-12(21-11)10-22-8-7-15-13-14(16-20(3)4)18-23-17-13/h5-6H,7-10H2,1-4H3,(H,15,17)(H,16,18). The lowest BCUT2D eigenvalue weighted by Crippen LogP contribution is -2.21. The van der Waals surface area contributed by atoms with E-state index >= 15 is 0 Å². The van der Waals surface area contributed by atoms with Gasteiger partial charge < -0.3 is 14.6 Å². The second-order valence-corrected chi connectivity index (χ2v) is 7.19. The Hall–Kier alpha value is -1.29. The van der Waals surface area contributed by atoms with E-state index in [1.165, 1.54) is 11.7 Å². The molecule has 2 aromatic rings. The van der Waals surface area contributed by atoms with Gasteiger partial charge in [0.1, 0.15) is 11.5 Å². The minimum atomic E-state index is 0.768. The van der Waals surface area contributed by atoms with Crippen molar-refractivity contribution >= 4 is 35.1 Å². The smallest absolute Gasteiger partial charge is 0.198 e. The molecule has 0 atom stereocenters. The molecule has 2 rings (SSSR count). The molecule has 0 aromatic carbocycles. The molecular weight excluding hydrogens is 332 g/mol. The largest absolute Gasteiger partial charge is 0.464 e. The van der Waals surface area contributed by atoms with Crippen LogP contribution in [0.4, 0.5) is 11.6 Å². The summed E-state index contributed by atoms with van der Waals surface area (Å²) in [7, 11) is 7.92. The second-order valence-electron chi connectivity index (χ2n) is 5.55. The first-order valence-electron chi connectivity index (χ1n) is 7.35. The van der Waals surface area contributed by atoms with Crippen LogP contribution < -0.4 is 10.7 Å². The molecule has 9 heteroatoms. The molecule has 0 fully saturated rings. The molecule has 2 aromatic heterocycles. The topological polar surface area (TPSA) is 69.5 Å².